The summed E-state index contributed by atoms with van der Waals surface area (Å²) in [7, 11) is 0. The average molecular weight is 484 g/mol. The van der Waals surface area contributed by atoms with Crippen LogP contribution in [0.2, 0.25) is 0 Å². The summed E-state index contributed by atoms with van der Waals surface area (Å²) in [6.07, 6.45) is 0. The Bertz CT molecular complexity index is 1610. The van der Waals surface area contributed by atoms with Crippen molar-refractivity contribution in [2.75, 3.05) is 16.0 Å². The van der Waals surface area contributed by atoms with Gasteiger partial charge in [-0.2, -0.15) is 10.2 Å². The van der Waals surface area contributed by atoms with Gasteiger partial charge in [-0.25, -0.2) is 9.89 Å². The van der Waals surface area contributed by atoms with E-state index >= 15 is 0 Å². The van der Waals surface area contributed by atoms with E-state index in [4.69, 9.17) is 12.2 Å². The van der Waals surface area contributed by atoms with Gasteiger partial charge in [-0.15, -0.1) is 4.68 Å². The van der Waals surface area contributed by atoms with E-state index in [1.54, 1.807) is 48.5 Å². The normalized spacial score (nSPS) is 13.3. The predicted molar refractivity (Wildman–Crippen MR) is 138 cm³/mol. The van der Waals surface area contributed by atoms with Crippen molar-refractivity contribution in [3.05, 3.63) is 105 Å². The molecule has 10 nitrogen and oxygen atoms in total. The lowest BCUT2D eigenvalue weighted by atomic mass is 10.1. The number of amides is 1. The molecule has 35 heavy (non-hydrogen) atoms. The number of anilines is 3. The van der Waals surface area contributed by atoms with Crippen molar-refractivity contribution in [2.24, 2.45) is 5.10 Å². The van der Waals surface area contributed by atoms with E-state index in [2.05, 4.69) is 31.2 Å². The van der Waals surface area contributed by atoms with Crippen molar-refractivity contribution in [3.8, 4) is 11.3 Å². The van der Waals surface area contributed by atoms with Crippen LogP contribution in [0.1, 0.15) is 5.56 Å². The van der Waals surface area contributed by atoms with E-state index in [0.29, 0.717) is 32.3 Å². The molecule has 0 saturated heterocycles. The molecule has 0 saturated carbocycles. The fourth-order valence-corrected chi connectivity index (χ4v) is 3.79. The first-order valence-corrected chi connectivity index (χ1v) is 10.9. The largest absolute Gasteiger partial charge is 0.365 e. The fourth-order valence-electron chi connectivity index (χ4n) is 3.56. The molecule has 1 aromatic heterocycles. The lowest BCUT2D eigenvalue weighted by Crippen LogP contribution is -2.36. The first-order valence-electron chi connectivity index (χ1n) is 10.4. The van der Waals surface area contributed by atoms with Gasteiger partial charge < -0.3 is 16.0 Å². The number of carbonyl (C=O) groups is 1. The monoisotopic (exact) mass is 483 g/mol. The van der Waals surface area contributed by atoms with Crippen LogP contribution >= 0.6 is 12.2 Å². The third-order valence-corrected chi connectivity index (χ3v) is 5.36. The van der Waals surface area contributed by atoms with Gasteiger partial charge in [0, 0.05) is 22.5 Å². The van der Waals surface area contributed by atoms with E-state index in [1.165, 1.54) is 0 Å². The zero-order chi connectivity index (χ0) is 24.4. The number of para-hydroxylation sites is 3. The lowest BCUT2D eigenvalue weighted by molar-refractivity contribution is -0.110. The highest BCUT2D eigenvalue weighted by atomic mass is 32.1. The molecule has 3 aromatic carbocycles. The predicted octanol–water partition coefficient (Wildman–Crippen LogP) is 2.61. The highest BCUT2D eigenvalue weighted by molar-refractivity contribution is 7.80. The zero-order valence-corrected chi connectivity index (χ0v) is 18.8. The van der Waals surface area contributed by atoms with Crippen molar-refractivity contribution in [1.82, 2.24) is 14.9 Å². The molecule has 5 rings (SSSR count). The van der Waals surface area contributed by atoms with Gasteiger partial charge >= 0.3 is 11.2 Å². The first-order chi connectivity index (χ1) is 17.0. The molecular formula is C24H17N7O3S. The van der Waals surface area contributed by atoms with Crippen LogP contribution in [0, 0.1) is 0 Å². The maximum Gasteiger partial charge on any atom is 0.365 e. The summed E-state index contributed by atoms with van der Waals surface area (Å²) < 4.78 is 0.594. The number of hydrogen-bond donors (Lipinski definition) is 4. The van der Waals surface area contributed by atoms with Gasteiger partial charge in [0.1, 0.15) is 0 Å². The van der Waals surface area contributed by atoms with Gasteiger partial charge in [-0.3, -0.25) is 9.59 Å². The number of hydrogen-bond acceptors (Lipinski definition) is 6. The summed E-state index contributed by atoms with van der Waals surface area (Å²) in [5, 5.41) is 19.4. The average Bonchev–Trinajstić information content (AvgIpc) is 3.17. The molecule has 4 aromatic rings. The molecule has 172 valence electrons. The van der Waals surface area contributed by atoms with Gasteiger partial charge in [0.2, 0.25) is 0 Å². The SMILES string of the molecule is O=C1Nc2ccccc2/C1=N\n1c(=O)[nH]nc(-c2ccccc2NC(=S)Nc2ccccc2)c1=O. The number of benzene rings is 3. The molecule has 11 heteroatoms. The second-order valence-electron chi connectivity index (χ2n) is 7.43. The van der Waals surface area contributed by atoms with Crippen LogP contribution in [-0.4, -0.2) is 31.6 Å². The Hall–Kier alpha value is -4.90. The van der Waals surface area contributed by atoms with Crippen molar-refractivity contribution in [3.63, 3.8) is 0 Å². The summed E-state index contributed by atoms with van der Waals surface area (Å²) in [5.41, 5.74) is 0.890. The molecule has 0 unspecified atom stereocenters. The minimum absolute atomic E-state index is 0.0509. The lowest BCUT2D eigenvalue weighted by Gasteiger charge is -2.13. The van der Waals surface area contributed by atoms with Crippen molar-refractivity contribution >= 4 is 46.0 Å². The van der Waals surface area contributed by atoms with Crippen molar-refractivity contribution in [2.45, 2.75) is 0 Å². The summed E-state index contributed by atoms with van der Waals surface area (Å²) in [5.74, 6) is -0.518. The Morgan fingerprint density at radius 1 is 0.857 bits per heavy atom. The Labute approximate surface area is 203 Å². The molecule has 0 spiro atoms. The number of carbonyl (C=O) groups excluding carboxylic acids is 1. The molecule has 0 radical (unpaired) electrons. The molecule has 4 N–H and O–H groups in total. The van der Waals surface area contributed by atoms with Crippen molar-refractivity contribution in [1.29, 1.82) is 0 Å². The Morgan fingerprint density at radius 3 is 2.34 bits per heavy atom. The Kier molecular flexibility index (Phi) is 5.73. The van der Waals surface area contributed by atoms with E-state index < -0.39 is 17.2 Å². The molecule has 1 aliphatic rings. The highest BCUT2D eigenvalue weighted by Gasteiger charge is 2.26. The van der Waals surface area contributed by atoms with Crippen molar-refractivity contribution < 1.29 is 4.79 Å². The van der Waals surface area contributed by atoms with Gasteiger partial charge in [0.05, 0.1) is 5.69 Å². The zero-order valence-electron chi connectivity index (χ0n) is 18.0. The second kappa shape index (κ2) is 9.15. The standard InChI is InChI=1S/C24H17N7O3S/c32-21-19(15-10-4-6-12-17(15)26-21)30-31-22(33)20(28-29-24(31)34)16-11-5-7-13-18(16)27-23(35)25-14-8-2-1-3-9-14/h1-13H,(H,29,34)(H2,25,27,35)(H,26,30,32). The van der Waals surface area contributed by atoms with Crippen LogP contribution in [-0.2, 0) is 4.79 Å². The van der Waals surface area contributed by atoms with Crippen LogP contribution in [0.3, 0.4) is 0 Å². The second-order valence-corrected chi connectivity index (χ2v) is 7.84. The van der Waals surface area contributed by atoms with Gasteiger partial charge in [0.15, 0.2) is 16.5 Å². The quantitative estimate of drug-likeness (QED) is 0.328. The van der Waals surface area contributed by atoms with Gasteiger partial charge in [-0.1, -0.05) is 54.6 Å². The third-order valence-electron chi connectivity index (χ3n) is 5.16. The third kappa shape index (κ3) is 4.35. The van der Waals surface area contributed by atoms with E-state index in [9.17, 15) is 14.4 Å². The summed E-state index contributed by atoms with van der Waals surface area (Å²) in [4.78, 5) is 38.2. The van der Waals surface area contributed by atoms with E-state index in [-0.39, 0.29) is 11.4 Å². The molecule has 0 atom stereocenters. The van der Waals surface area contributed by atoms with Crippen LogP contribution in [0.25, 0.3) is 11.3 Å². The molecule has 0 fully saturated rings. The summed E-state index contributed by atoms with van der Waals surface area (Å²) in [6.45, 7) is 0. The molecular weight excluding hydrogens is 466 g/mol. The number of nitrogens with zero attached hydrogens (tertiary/aromatic N) is 3. The van der Waals surface area contributed by atoms with Crippen LogP contribution < -0.4 is 27.2 Å². The number of aromatic amines is 1. The molecule has 0 bridgehead atoms. The van der Waals surface area contributed by atoms with Gasteiger partial charge in [0.25, 0.3) is 5.91 Å². The fraction of sp³-hybridized carbons (Fsp3) is 0. The maximum atomic E-state index is 13.3. The molecule has 2 heterocycles. The topological polar surface area (TPSA) is 133 Å². The molecule has 1 aliphatic heterocycles. The number of H-pyrrole nitrogens is 1. The summed E-state index contributed by atoms with van der Waals surface area (Å²) >= 11 is 5.40. The number of rotatable bonds is 4. The highest BCUT2D eigenvalue weighted by Crippen LogP contribution is 2.25. The number of aromatic nitrogens is 3. The Morgan fingerprint density at radius 2 is 1.54 bits per heavy atom. The van der Waals surface area contributed by atoms with Gasteiger partial charge in [-0.05, 0) is 36.5 Å². The van der Waals surface area contributed by atoms with Crippen LogP contribution in [0.4, 0.5) is 17.1 Å². The Balaban J connectivity index is 1.53. The van der Waals surface area contributed by atoms with E-state index in [1.807, 2.05) is 30.3 Å². The smallest absolute Gasteiger partial charge is 0.332 e. The molecule has 1 amide bonds. The van der Waals surface area contributed by atoms with Crippen LogP contribution in [0.15, 0.2) is 93.6 Å². The summed E-state index contributed by atoms with van der Waals surface area (Å²) in [6, 6.07) is 23.1. The maximum absolute atomic E-state index is 13.3. The number of fused-ring (bicyclic) bond motifs is 1. The minimum atomic E-state index is -0.880. The van der Waals surface area contributed by atoms with E-state index in [0.717, 1.165) is 5.69 Å². The number of nitrogens with one attached hydrogen (secondary N) is 4. The minimum Gasteiger partial charge on any atom is -0.332 e. The first kappa shape index (κ1) is 21.9. The number of thiocarbonyl (C=S) groups is 1. The molecule has 0 aliphatic carbocycles. The van der Waals surface area contributed by atoms with Crippen LogP contribution in [0.5, 0.6) is 0 Å².